The first kappa shape index (κ1) is 22.2. The molecule has 0 spiro atoms. The van der Waals surface area contributed by atoms with Crippen LogP contribution in [0.15, 0.2) is 35.8 Å². The predicted molar refractivity (Wildman–Crippen MR) is 120 cm³/mol. The molecule has 0 radical (unpaired) electrons. The zero-order chi connectivity index (χ0) is 22.5. The number of amides is 3. The van der Waals surface area contributed by atoms with Crippen LogP contribution in [0, 0.1) is 0 Å². The highest BCUT2D eigenvalue weighted by atomic mass is 32.1. The minimum atomic E-state index is -0.0894. The molecule has 3 heterocycles. The van der Waals surface area contributed by atoms with Crippen molar-refractivity contribution in [2.75, 3.05) is 52.4 Å². The van der Waals surface area contributed by atoms with E-state index in [0.717, 1.165) is 13.1 Å². The van der Waals surface area contributed by atoms with E-state index in [0.29, 0.717) is 61.7 Å². The molecular formula is C22H27N5O4S. The standard InChI is InChI=1S/C22H27N5O4S/c1-16(28)23-6-12-31-19-4-2-17(3-5-19)21(29)27-14-18(15-27)25-8-10-26(11-9-25)22(30)20-24-7-13-32-20/h2-5,7,13,18H,6,8-12,14-15H2,1H3,(H,23,28). The number of carbonyl (C=O) groups excluding carboxylic acids is 3. The van der Waals surface area contributed by atoms with Crippen LogP contribution < -0.4 is 10.1 Å². The Morgan fingerprint density at radius 1 is 1.06 bits per heavy atom. The lowest BCUT2D eigenvalue weighted by atomic mass is 10.0. The lowest BCUT2D eigenvalue weighted by Crippen LogP contribution is -2.64. The first-order chi connectivity index (χ1) is 15.5. The SMILES string of the molecule is CC(=O)NCCOc1ccc(C(=O)N2CC(N3CCN(C(=O)c4nccs4)CC3)C2)cc1. The Morgan fingerprint density at radius 3 is 2.41 bits per heavy atom. The topological polar surface area (TPSA) is 95.1 Å². The lowest BCUT2D eigenvalue weighted by Gasteiger charge is -2.48. The summed E-state index contributed by atoms with van der Waals surface area (Å²) in [4.78, 5) is 46.2. The molecular weight excluding hydrogens is 430 g/mol. The number of nitrogens with one attached hydrogen (secondary N) is 1. The van der Waals surface area contributed by atoms with Crippen molar-refractivity contribution in [1.29, 1.82) is 0 Å². The van der Waals surface area contributed by atoms with Crippen LogP contribution in [0.4, 0.5) is 0 Å². The third kappa shape index (κ3) is 5.25. The number of rotatable bonds is 7. The Balaban J connectivity index is 1.19. The first-order valence-electron chi connectivity index (χ1n) is 10.7. The van der Waals surface area contributed by atoms with Gasteiger partial charge in [0.2, 0.25) is 5.91 Å². The van der Waals surface area contributed by atoms with Crippen molar-refractivity contribution in [3.8, 4) is 5.75 Å². The Labute approximate surface area is 191 Å². The summed E-state index contributed by atoms with van der Waals surface area (Å²) >= 11 is 1.37. The van der Waals surface area contributed by atoms with Gasteiger partial charge in [0, 0.05) is 69.4 Å². The Kier molecular flexibility index (Phi) is 7.01. The number of piperazine rings is 1. The molecule has 2 aliphatic heterocycles. The molecule has 10 heteroatoms. The van der Waals surface area contributed by atoms with E-state index in [9.17, 15) is 14.4 Å². The monoisotopic (exact) mass is 457 g/mol. The van der Waals surface area contributed by atoms with Gasteiger partial charge in [-0.1, -0.05) is 0 Å². The van der Waals surface area contributed by atoms with E-state index in [1.54, 1.807) is 30.5 Å². The summed E-state index contributed by atoms with van der Waals surface area (Å²) in [7, 11) is 0. The molecule has 32 heavy (non-hydrogen) atoms. The van der Waals surface area contributed by atoms with Crippen LogP contribution >= 0.6 is 11.3 Å². The van der Waals surface area contributed by atoms with Crippen molar-refractivity contribution in [2.24, 2.45) is 0 Å². The minimum absolute atomic E-state index is 0.00704. The normalized spacial score (nSPS) is 17.0. The van der Waals surface area contributed by atoms with Gasteiger partial charge >= 0.3 is 0 Å². The fourth-order valence-corrected chi connectivity index (χ4v) is 4.48. The lowest BCUT2D eigenvalue weighted by molar-refractivity contribution is -0.119. The molecule has 170 valence electrons. The third-order valence-electron chi connectivity index (χ3n) is 5.73. The highest BCUT2D eigenvalue weighted by molar-refractivity contribution is 7.11. The van der Waals surface area contributed by atoms with Gasteiger partial charge in [0.1, 0.15) is 12.4 Å². The van der Waals surface area contributed by atoms with Crippen molar-refractivity contribution in [3.63, 3.8) is 0 Å². The molecule has 0 bridgehead atoms. The molecule has 4 rings (SSSR count). The summed E-state index contributed by atoms with van der Waals surface area (Å²) in [5.41, 5.74) is 0.636. The molecule has 2 aliphatic rings. The van der Waals surface area contributed by atoms with E-state index in [-0.39, 0.29) is 17.7 Å². The van der Waals surface area contributed by atoms with Gasteiger partial charge in [0.15, 0.2) is 5.01 Å². The highest BCUT2D eigenvalue weighted by Crippen LogP contribution is 2.21. The first-order valence-corrected chi connectivity index (χ1v) is 11.6. The predicted octanol–water partition coefficient (Wildman–Crippen LogP) is 0.940. The summed E-state index contributed by atoms with van der Waals surface area (Å²) in [6.45, 7) is 6.69. The Morgan fingerprint density at radius 2 is 1.78 bits per heavy atom. The molecule has 0 atom stereocenters. The Bertz CT molecular complexity index is 936. The molecule has 1 aromatic heterocycles. The number of carbonyl (C=O) groups is 3. The summed E-state index contributed by atoms with van der Waals surface area (Å²) in [5, 5.41) is 5.03. The summed E-state index contributed by atoms with van der Waals surface area (Å²) in [6, 6.07) is 7.43. The van der Waals surface area contributed by atoms with Crippen LogP contribution in [-0.2, 0) is 4.79 Å². The van der Waals surface area contributed by atoms with E-state index in [1.807, 2.05) is 15.2 Å². The van der Waals surface area contributed by atoms with Gasteiger partial charge in [0.05, 0.1) is 6.54 Å². The van der Waals surface area contributed by atoms with Crippen molar-refractivity contribution >= 4 is 29.1 Å². The smallest absolute Gasteiger partial charge is 0.282 e. The number of thiazole rings is 1. The molecule has 2 fully saturated rings. The fraction of sp³-hybridized carbons (Fsp3) is 0.455. The van der Waals surface area contributed by atoms with Gasteiger partial charge in [-0.05, 0) is 24.3 Å². The van der Waals surface area contributed by atoms with Gasteiger partial charge < -0.3 is 19.9 Å². The maximum atomic E-state index is 12.7. The van der Waals surface area contributed by atoms with Crippen LogP contribution in [0.25, 0.3) is 0 Å². The minimum Gasteiger partial charge on any atom is -0.492 e. The number of ether oxygens (including phenoxy) is 1. The second-order valence-electron chi connectivity index (χ2n) is 7.89. The van der Waals surface area contributed by atoms with Crippen LogP contribution in [0.5, 0.6) is 5.75 Å². The van der Waals surface area contributed by atoms with Crippen LogP contribution in [-0.4, -0.2) is 95.9 Å². The third-order valence-corrected chi connectivity index (χ3v) is 6.49. The van der Waals surface area contributed by atoms with Crippen molar-refractivity contribution < 1.29 is 19.1 Å². The molecule has 9 nitrogen and oxygen atoms in total. The van der Waals surface area contributed by atoms with Crippen LogP contribution in [0.3, 0.4) is 0 Å². The average Bonchev–Trinajstić information content (AvgIpc) is 3.31. The number of hydrogen-bond acceptors (Lipinski definition) is 7. The van der Waals surface area contributed by atoms with Gasteiger partial charge in [-0.2, -0.15) is 0 Å². The van der Waals surface area contributed by atoms with E-state index >= 15 is 0 Å². The zero-order valence-electron chi connectivity index (χ0n) is 18.0. The number of likely N-dealkylation sites (tertiary alicyclic amines) is 1. The van der Waals surface area contributed by atoms with E-state index in [4.69, 9.17) is 4.74 Å². The largest absolute Gasteiger partial charge is 0.492 e. The molecule has 0 aliphatic carbocycles. The van der Waals surface area contributed by atoms with E-state index in [2.05, 4.69) is 15.2 Å². The number of benzene rings is 1. The molecule has 2 saturated heterocycles. The molecule has 1 aromatic carbocycles. The van der Waals surface area contributed by atoms with Gasteiger partial charge in [-0.3, -0.25) is 19.3 Å². The van der Waals surface area contributed by atoms with Gasteiger partial charge in [-0.15, -0.1) is 11.3 Å². The number of aromatic nitrogens is 1. The van der Waals surface area contributed by atoms with Crippen LogP contribution in [0.1, 0.15) is 27.1 Å². The molecule has 0 unspecified atom stereocenters. The van der Waals surface area contributed by atoms with Gasteiger partial charge in [0.25, 0.3) is 11.8 Å². The molecule has 3 amide bonds. The van der Waals surface area contributed by atoms with Crippen molar-refractivity contribution in [3.05, 3.63) is 46.4 Å². The molecule has 2 aromatic rings. The second kappa shape index (κ2) is 10.1. The molecule has 1 N–H and O–H groups in total. The fourth-order valence-electron chi connectivity index (χ4n) is 3.88. The zero-order valence-corrected chi connectivity index (χ0v) is 18.8. The van der Waals surface area contributed by atoms with E-state index < -0.39 is 0 Å². The highest BCUT2D eigenvalue weighted by Gasteiger charge is 2.37. The van der Waals surface area contributed by atoms with E-state index in [1.165, 1.54) is 18.3 Å². The van der Waals surface area contributed by atoms with Crippen molar-refractivity contribution in [2.45, 2.75) is 13.0 Å². The number of hydrogen-bond donors (Lipinski definition) is 1. The average molecular weight is 458 g/mol. The maximum absolute atomic E-state index is 12.7. The van der Waals surface area contributed by atoms with Crippen molar-refractivity contribution in [1.82, 2.24) is 25.0 Å². The van der Waals surface area contributed by atoms with Crippen LogP contribution in [0.2, 0.25) is 0 Å². The second-order valence-corrected chi connectivity index (χ2v) is 8.78. The summed E-state index contributed by atoms with van der Waals surface area (Å²) in [6.07, 6.45) is 1.66. The quantitative estimate of drug-likeness (QED) is 0.622. The maximum Gasteiger partial charge on any atom is 0.282 e. The molecule has 0 saturated carbocycles. The van der Waals surface area contributed by atoms with Gasteiger partial charge in [-0.25, -0.2) is 4.98 Å². The summed E-state index contributed by atoms with van der Waals surface area (Å²) in [5.74, 6) is 0.600. The summed E-state index contributed by atoms with van der Waals surface area (Å²) < 4.78 is 5.56. The Hall–Kier alpha value is -2.98. The number of nitrogens with zero attached hydrogens (tertiary/aromatic N) is 4.